The summed E-state index contributed by atoms with van der Waals surface area (Å²) in [6.07, 6.45) is 15.2. The van der Waals surface area contributed by atoms with Gasteiger partial charge in [0.2, 0.25) is 27.7 Å². The molecule has 2 bridgehead atoms. The van der Waals surface area contributed by atoms with Gasteiger partial charge in [-0.05, 0) is 120 Å². The van der Waals surface area contributed by atoms with Crippen molar-refractivity contribution in [3.63, 3.8) is 0 Å². The van der Waals surface area contributed by atoms with Crippen LogP contribution in [0.25, 0.3) is 10.9 Å². The number of para-hydroxylation sites is 1. The van der Waals surface area contributed by atoms with Crippen LogP contribution in [0.3, 0.4) is 0 Å². The Hall–Kier alpha value is -4.44. The quantitative estimate of drug-likeness (QED) is 0.222. The fourth-order valence-electron chi connectivity index (χ4n) is 11.2. The van der Waals surface area contributed by atoms with Crippen LogP contribution in [0.4, 0.5) is 4.79 Å². The summed E-state index contributed by atoms with van der Waals surface area (Å²) in [6.45, 7) is 8.65. The molecule has 358 valence electrons. The third-order valence-corrected chi connectivity index (χ3v) is 18.4. The highest BCUT2D eigenvalue weighted by Gasteiger charge is 2.63. The second kappa shape index (κ2) is 18.2. The fraction of sp³-hybridized carbons (Fsp3) is 0.700. The highest BCUT2D eigenvalue weighted by molar-refractivity contribution is 7.91. The Morgan fingerprint density at radius 2 is 1.68 bits per heavy atom. The number of likely N-dealkylation sites (tertiary alicyclic amines) is 1. The smallest absolute Gasteiger partial charge is 0.408 e. The summed E-state index contributed by atoms with van der Waals surface area (Å²) in [5, 5.41) is 6.83. The Morgan fingerprint density at radius 1 is 0.955 bits per heavy atom. The molecule has 3 aliphatic heterocycles. The highest BCUT2D eigenvalue weighted by atomic mass is 32.2. The predicted molar refractivity (Wildman–Crippen MR) is 247 cm³/mol. The minimum absolute atomic E-state index is 0.0158. The summed E-state index contributed by atoms with van der Waals surface area (Å²) in [4.78, 5) is 66.8. The summed E-state index contributed by atoms with van der Waals surface area (Å²) in [5.74, 6) is -0.216. The number of nitrogens with one attached hydrogen (secondary N) is 3. The molecule has 7 atom stereocenters. The van der Waals surface area contributed by atoms with E-state index in [1.807, 2.05) is 18.2 Å². The number of sulfonamides is 1. The monoisotopic (exact) mass is 928 g/mol. The molecule has 2 saturated heterocycles. The maximum atomic E-state index is 15.2. The first-order chi connectivity index (χ1) is 31.8. The number of carbonyl (C=O) groups is 4. The van der Waals surface area contributed by atoms with Crippen LogP contribution in [0.1, 0.15) is 128 Å². The van der Waals surface area contributed by atoms with E-state index in [2.05, 4.69) is 32.9 Å². The van der Waals surface area contributed by atoms with E-state index in [0.717, 1.165) is 118 Å². The van der Waals surface area contributed by atoms with Crippen molar-refractivity contribution < 1.29 is 41.8 Å². The molecule has 0 radical (unpaired) electrons. The van der Waals surface area contributed by atoms with E-state index in [-0.39, 0.29) is 43.4 Å². The molecule has 5 aliphatic carbocycles. The lowest BCUT2D eigenvalue weighted by Crippen LogP contribution is -2.59. The third-order valence-electron chi connectivity index (χ3n) is 16.2. The molecule has 10 rings (SSSR count). The molecule has 15 nitrogen and oxygen atoms in total. The van der Waals surface area contributed by atoms with E-state index in [9.17, 15) is 22.8 Å². The Bertz CT molecular complexity index is 2320. The zero-order valence-electron chi connectivity index (χ0n) is 38.5. The lowest BCUT2D eigenvalue weighted by atomic mass is 9.83. The molecule has 1 aromatic carbocycles. The molecule has 7 fully saturated rings. The van der Waals surface area contributed by atoms with Gasteiger partial charge in [-0.3, -0.25) is 19.1 Å². The van der Waals surface area contributed by atoms with Gasteiger partial charge in [0.25, 0.3) is 5.91 Å². The lowest BCUT2D eigenvalue weighted by Gasteiger charge is -2.34. The van der Waals surface area contributed by atoms with Gasteiger partial charge >= 0.3 is 6.09 Å². The number of aromatic nitrogens is 1. The first kappa shape index (κ1) is 45.3. The minimum atomic E-state index is -4.01. The molecule has 1 aromatic heterocycles. The van der Waals surface area contributed by atoms with Crippen molar-refractivity contribution in [3.8, 4) is 11.6 Å². The Kier molecular flexibility index (Phi) is 12.5. The topological polar surface area (TPSA) is 186 Å². The summed E-state index contributed by atoms with van der Waals surface area (Å²) < 4.78 is 47.7. The van der Waals surface area contributed by atoms with Crippen LogP contribution in [0.15, 0.2) is 36.9 Å². The van der Waals surface area contributed by atoms with Crippen molar-refractivity contribution >= 4 is 44.7 Å². The third kappa shape index (κ3) is 9.51. The Morgan fingerprint density at radius 3 is 2.39 bits per heavy atom. The number of piperidine rings is 1. The van der Waals surface area contributed by atoms with Gasteiger partial charge in [0, 0.05) is 37.4 Å². The van der Waals surface area contributed by atoms with Gasteiger partial charge in [0.05, 0.1) is 22.4 Å². The average Bonchev–Trinajstić information content (AvgIpc) is 4.16. The van der Waals surface area contributed by atoms with Crippen molar-refractivity contribution in [2.24, 2.45) is 23.7 Å². The van der Waals surface area contributed by atoms with Crippen molar-refractivity contribution in [3.05, 3.63) is 42.5 Å². The molecule has 16 heteroatoms. The number of nitrogens with zero attached hydrogens (tertiary/aromatic N) is 3. The lowest BCUT2D eigenvalue weighted by molar-refractivity contribution is -0.142. The first-order valence-corrected chi connectivity index (χ1v) is 26.6. The van der Waals surface area contributed by atoms with Gasteiger partial charge in [-0.1, -0.05) is 50.3 Å². The van der Waals surface area contributed by atoms with Gasteiger partial charge in [-0.25, -0.2) is 18.2 Å². The van der Waals surface area contributed by atoms with Gasteiger partial charge in [0.1, 0.15) is 41.7 Å². The summed E-state index contributed by atoms with van der Waals surface area (Å²) >= 11 is 0. The van der Waals surface area contributed by atoms with Crippen LogP contribution in [-0.4, -0.2) is 114 Å². The SMILES string of the molecule is C=C[C@@H]1C[C@]1(NC(=O)[C@@H]1C[C@@H]2CN1C(=O)[C@H](C1CCCCC1)NC(=O)O[C@@H]1C[C@H]1CCCCCc1c(nc3ccccc3c1OC1CCN(CC3CC3)CC1)O2)C(=O)NS(=O)(=O)C1(C)CC1. The maximum Gasteiger partial charge on any atom is 0.408 e. The van der Waals surface area contributed by atoms with Crippen LogP contribution in [0, 0.1) is 23.7 Å². The number of amides is 4. The summed E-state index contributed by atoms with van der Waals surface area (Å²) in [6, 6.07) is 5.91. The van der Waals surface area contributed by atoms with E-state index >= 15 is 4.79 Å². The molecule has 2 aromatic rings. The predicted octanol–water partition coefficient (Wildman–Crippen LogP) is 6.08. The number of ether oxygens (including phenoxy) is 3. The van der Waals surface area contributed by atoms with Crippen molar-refractivity contribution in [2.75, 3.05) is 26.2 Å². The highest BCUT2D eigenvalue weighted by Crippen LogP contribution is 2.48. The summed E-state index contributed by atoms with van der Waals surface area (Å²) in [5.41, 5.74) is 0.0524. The Labute approximate surface area is 388 Å². The second-order valence-corrected chi connectivity index (χ2v) is 23.4. The molecule has 66 heavy (non-hydrogen) atoms. The molecule has 8 aliphatic rings. The van der Waals surface area contributed by atoms with E-state index in [1.54, 1.807) is 13.0 Å². The van der Waals surface area contributed by atoms with Gasteiger partial charge in [-0.15, -0.1) is 6.58 Å². The van der Waals surface area contributed by atoms with E-state index < -0.39 is 68.2 Å². The zero-order valence-corrected chi connectivity index (χ0v) is 39.3. The van der Waals surface area contributed by atoms with Crippen LogP contribution >= 0.6 is 0 Å². The van der Waals surface area contributed by atoms with Crippen molar-refractivity contribution in [2.45, 2.75) is 170 Å². The summed E-state index contributed by atoms with van der Waals surface area (Å²) in [7, 11) is -4.01. The molecular formula is C50H68N6O9S. The number of rotatable bonds is 11. The molecule has 4 heterocycles. The first-order valence-electron chi connectivity index (χ1n) is 25.1. The minimum Gasteiger partial charge on any atom is -0.489 e. The molecule has 0 spiro atoms. The van der Waals surface area contributed by atoms with E-state index in [0.29, 0.717) is 25.1 Å². The van der Waals surface area contributed by atoms with Crippen LogP contribution in [-0.2, 0) is 35.6 Å². The molecule has 3 N–H and O–H groups in total. The number of pyridine rings is 1. The number of carbonyl (C=O) groups excluding carboxylic acids is 4. The second-order valence-electron chi connectivity index (χ2n) is 21.2. The van der Waals surface area contributed by atoms with Gasteiger partial charge < -0.3 is 34.6 Å². The molecule has 4 amide bonds. The van der Waals surface area contributed by atoms with Gasteiger partial charge in [-0.2, -0.15) is 0 Å². The molecule has 5 saturated carbocycles. The number of benzene rings is 1. The van der Waals surface area contributed by atoms with Gasteiger partial charge in [0.15, 0.2) is 0 Å². The number of fused-ring (bicyclic) bond motifs is 5. The number of alkyl carbamates (subject to hydrolysis) is 1. The largest absolute Gasteiger partial charge is 0.489 e. The van der Waals surface area contributed by atoms with E-state index in [1.165, 1.54) is 24.3 Å². The number of hydrogen-bond donors (Lipinski definition) is 3. The Balaban J connectivity index is 0.978. The van der Waals surface area contributed by atoms with Crippen LogP contribution in [0.2, 0.25) is 0 Å². The zero-order chi connectivity index (χ0) is 45.8. The maximum absolute atomic E-state index is 15.2. The van der Waals surface area contributed by atoms with Crippen LogP contribution in [0.5, 0.6) is 11.6 Å². The molecule has 0 unspecified atom stereocenters. The molecular weight excluding hydrogens is 861 g/mol. The average molecular weight is 929 g/mol. The van der Waals surface area contributed by atoms with Crippen LogP contribution < -0.4 is 24.8 Å². The normalized spacial score (nSPS) is 32.0. The van der Waals surface area contributed by atoms with E-state index in [4.69, 9.17) is 19.2 Å². The van der Waals surface area contributed by atoms with Crippen molar-refractivity contribution in [1.82, 2.24) is 30.1 Å². The van der Waals surface area contributed by atoms with Crippen molar-refractivity contribution in [1.29, 1.82) is 0 Å². The standard InChI is InChI=1S/C50H68N6O9S/c1-3-34-28-50(34,47(59)54-66(61,62)49(2)22-23-49)53-44(57)40-27-36-30-56(40)46(58)42(32-12-6-4-7-13-32)52-48(60)65-41-26-33(41)14-8-5-9-16-38-43(37-15-10-11-17-39(37)51-45(38)64-36)63-35-20-24-55(25-21-35)29-31-18-19-31/h3,10-11,15,17,31-36,40-42H,1,4-9,12-14,16,18-30H2,2H3,(H,52,60)(H,53,57)(H,54,59)/t33-,34-,36-,40+,41-,42+,50-/m1/s1. The fourth-order valence-corrected chi connectivity index (χ4v) is 12.5. The number of hydrogen-bond acceptors (Lipinski definition) is 11.